The van der Waals surface area contributed by atoms with Crippen LogP contribution < -0.4 is 0 Å². The molecule has 3 fully saturated rings. The number of allylic oxidation sites excluding steroid dienone is 5. The Kier molecular flexibility index (Phi) is 7.19. The van der Waals surface area contributed by atoms with Gasteiger partial charge in [-0.1, -0.05) is 62.8 Å². The molecule has 3 aliphatic rings. The Morgan fingerprint density at radius 2 is 1.83 bits per heavy atom. The van der Waals surface area contributed by atoms with E-state index in [1.165, 1.54) is 43.3 Å². The minimum atomic E-state index is -0.663. The maximum absolute atomic E-state index is 10.3. The SMILES string of the molecule is C=C1CC[C@H](O)C/C1=C/C=C1\CCCC2(C)C1CC[C@@H]2[C@H](C)/C=C/[C@H](C)C(C)(C)O. The zero-order chi connectivity index (χ0) is 22.1. The third-order valence-corrected chi connectivity index (χ3v) is 8.68. The van der Waals surface area contributed by atoms with Gasteiger partial charge in [0.1, 0.15) is 0 Å². The van der Waals surface area contributed by atoms with Crippen LogP contribution >= 0.6 is 0 Å². The van der Waals surface area contributed by atoms with Gasteiger partial charge in [-0.2, -0.15) is 0 Å². The van der Waals surface area contributed by atoms with Crippen LogP contribution in [0.25, 0.3) is 0 Å². The van der Waals surface area contributed by atoms with Crippen molar-refractivity contribution in [2.75, 3.05) is 0 Å². The molecule has 2 N–H and O–H groups in total. The molecule has 0 aromatic heterocycles. The number of aliphatic hydroxyl groups excluding tert-OH is 1. The monoisotopic (exact) mass is 412 g/mol. The van der Waals surface area contributed by atoms with E-state index in [9.17, 15) is 10.2 Å². The van der Waals surface area contributed by atoms with Crippen LogP contribution in [0.3, 0.4) is 0 Å². The summed E-state index contributed by atoms with van der Waals surface area (Å²) in [5.74, 6) is 2.08. The molecule has 168 valence electrons. The molecule has 0 aromatic rings. The van der Waals surface area contributed by atoms with Gasteiger partial charge in [-0.25, -0.2) is 0 Å². The second kappa shape index (κ2) is 9.17. The van der Waals surface area contributed by atoms with Gasteiger partial charge in [0, 0.05) is 5.92 Å². The summed E-state index contributed by atoms with van der Waals surface area (Å²) in [6.07, 6.45) is 18.0. The van der Waals surface area contributed by atoms with E-state index in [2.05, 4.69) is 51.7 Å². The Hall–Kier alpha value is -1.12. The second-order valence-corrected chi connectivity index (χ2v) is 11.2. The highest BCUT2D eigenvalue weighted by molar-refractivity contribution is 5.36. The lowest BCUT2D eigenvalue weighted by Gasteiger charge is -2.44. The molecule has 0 saturated heterocycles. The van der Waals surface area contributed by atoms with Crippen LogP contribution in [-0.2, 0) is 0 Å². The molecule has 3 saturated carbocycles. The molecule has 3 rings (SSSR count). The predicted octanol–water partition coefficient (Wildman–Crippen LogP) is 6.76. The molecule has 2 heteroatoms. The quantitative estimate of drug-likeness (QED) is 0.490. The van der Waals surface area contributed by atoms with Crippen LogP contribution in [-0.4, -0.2) is 21.9 Å². The van der Waals surface area contributed by atoms with Crippen molar-refractivity contribution in [3.05, 3.63) is 47.6 Å². The topological polar surface area (TPSA) is 40.5 Å². The average molecular weight is 413 g/mol. The molecule has 0 amide bonds. The molecule has 0 bridgehead atoms. The predicted molar refractivity (Wildman–Crippen MR) is 127 cm³/mol. The summed E-state index contributed by atoms with van der Waals surface area (Å²) < 4.78 is 0. The fourth-order valence-corrected chi connectivity index (χ4v) is 6.25. The van der Waals surface area contributed by atoms with Gasteiger partial charge < -0.3 is 10.2 Å². The molecule has 2 unspecified atom stereocenters. The zero-order valence-corrected chi connectivity index (χ0v) is 20.0. The third-order valence-electron chi connectivity index (χ3n) is 8.68. The van der Waals surface area contributed by atoms with Gasteiger partial charge in [0.2, 0.25) is 0 Å². The van der Waals surface area contributed by atoms with Gasteiger partial charge in [-0.3, -0.25) is 0 Å². The Labute approximate surface area is 184 Å². The van der Waals surface area contributed by atoms with Crippen LogP contribution in [0, 0.1) is 29.1 Å². The van der Waals surface area contributed by atoms with Gasteiger partial charge in [0.15, 0.2) is 0 Å². The molecule has 30 heavy (non-hydrogen) atoms. The van der Waals surface area contributed by atoms with Crippen molar-refractivity contribution in [2.24, 2.45) is 29.1 Å². The summed E-state index contributed by atoms with van der Waals surface area (Å²) in [6.45, 7) is 15.0. The highest BCUT2D eigenvalue weighted by Crippen LogP contribution is 2.59. The fraction of sp³-hybridized carbons (Fsp3) is 0.714. The van der Waals surface area contributed by atoms with Crippen LogP contribution in [0.15, 0.2) is 47.6 Å². The number of fused-ring (bicyclic) bond motifs is 1. The van der Waals surface area contributed by atoms with Crippen LogP contribution in [0.4, 0.5) is 0 Å². The number of hydrogen-bond donors (Lipinski definition) is 2. The molecule has 0 aliphatic heterocycles. The first-order valence-corrected chi connectivity index (χ1v) is 12.2. The molecule has 2 nitrogen and oxygen atoms in total. The van der Waals surface area contributed by atoms with E-state index in [1.807, 2.05) is 13.8 Å². The van der Waals surface area contributed by atoms with Crippen molar-refractivity contribution in [2.45, 2.75) is 97.7 Å². The van der Waals surface area contributed by atoms with Crippen molar-refractivity contribution in [1.29, 1.82) is 0 Å². The Balaban J connectivity index is 1.75. The summed E-state index contributed by atoms with van der Waals surface area (Å²) in [7, 11) is 0. The summed E-state index contributed by atoms with van der Waals surface area (Å²) in [5.41, 5.74) is 3.78. The number of aliphatic hydroxyl groups is 2. The smallest absolute Gasteiger partial charge is 0.0651 e. The first-order valence-electron chi connectivity index (χ1n) is 12.2. The lowest BCUT2D eigenvalue weighted by molar-refractivity contribution is 0.0436. The molecular weight excluding hydrogens is 368 g/mol. The van der Waals surface area contributed by atoms with E-state index >= 15 is 0 Å². The van der Waals surface area contributed by atoms with Gasteiger partial charge in [-0.05, 0) is 94.0 Å². The molecule has 0 spiro atoms. The van der Waals surface area contributed by atoms with E-state index in [0.29, 0.717) is 23.2 Å². The summed E-state index contributed by atoms with van der Waals surface area (Å²) in [4.78, 5) is 0. The molecule has 0 heterocycles. The van der Waals surface area contributed by atoms with E-state index in [0.717, 1.165) is 19.3 Å². The maximum Gasteiger partial charge on any atom is 0.0651 e. The summed E-state index contributed by atoms with van der Waals surface area (Å²) >= 11 is 0. The van der Waals surface area contributed by atoms with Crippen molar-refractivity contribution in [1.82, 2.24) is 0 Å². The van der Waals surface area contributed by atoms with E-state index in [-0.39, 0.29) is 12.0 Å². The molecule has 0 radical (unpaired) electrons. The summed E-state index contributed by atoms with van der Waals surface area (Å²) in [5, 5.41) is 20.3. The Morgan fingerprint density at radius 3 is 2.53 bits per heavy atom. The molecule has 0 aromatic carbocycles. The molecule has 6 atom stereocenters. The average Bonchev–Trinajstić information content (AvgIpc) is 3.03. The van der Waals surface area contributed by atoms with Gasteiger partial charge in [0.25, 0.3) is 0 Å². The Morgan fingerprint density at radius 1 is 1.10 bits per heavy atom. The largest absolute Gasteiger partial charge is 0.393 e. The third kappa shape index (κ3) is 5.02. The lowest BCUT2D eigenvalue weighted by atomic mass is 9.61. The molecular formula is C28H44O2. The Bertz CT molecular complexity index is 719. The fourth-order valence-electron chi connectivity index (χ4n) is 6.25. The van der Waals surface area contributed by atoms with Crippen LogP contribution in [0.2, 0.25) is 0 Å². The first-order chi connectivity index (χ1) is 14.0. The van der Waals surface area contributed by atoms with E-state index in [4.69, 9.17) is 0 Å². The first kappa shape index (κ1) is 23.5. The van der Waals surface area contributed by atoms with Crippen molar-refractivity contribution in [3.63, 3.8) is 0 Å². The summed E-state index contributed by atoms with van der Waals surface area (Å²) in [6, 6.07) is 0. The normalized spacial score (nSPS) is 37.7. The maximum atomic E-state index is 10.3. The zero-order valence-electron chi connectivity index (χ0n) is 20.0. The van der Waals surface area contributed by atoms with Crippen molar-refractivity contribution >= 4 is 0 Å². The highest BCUT2D eigenvalue weighted by Gasteiger charge is 2.50. The van der Waals surface area contributed by atoms with Crippen LogP contribution in [0.1, 0.15) is 86.0 Å². The second-order valence-electron chi connectivity index (χ2n) is 11.2. The minimum absolute atomic E-state index is 0.164. The molecule has 3 aliphatic carbocycles. The number of rotatable bonds is 5. The van der Waals surface area contributed by atoms with Gasteiger partial charge in [0.05, 0.1) is 11.7 Å². The standard InChI is InChI=1S/C28H44O2/c1-19-10-14-24(29)18-23(19)13-12-22-8-7-17-28(6)25(15-16-26(22)28)20(2)9-11-21(3)27(4,5)30/h9,11-13,20-21,24-26,29-30H,1,7-8,10,14-18H2,2-6H3/b11-9+,22-12+,23-13-/t20-,21+,24+,25-,26?,28?/m1/s1. The van der Waals surface area contributed by atoms with E-state index in [1.54, 1.807) is 5.57 Å². The van der Waals surface area contributed by atoms with Gasteiger partial charge in [-0.15, -0.1) is 0 Å². The number of hydrogen-bond acceptors (Lipinski definition) is 2. The van der Waals surface area contributed by atoms with Crippen molar-refractivity contribution < 1.29 is 10.2 Å². The minimum Gasteiger partial charge on any atom is -0.393 e. The van der Waals surface area contributed by atoms with E-state index < -0.39 is 5.60 Å². The lowest BCUT2D eigenvalue weighted by Crippen LogP contribution is -2.35. The van der Waals surface area contributed by atoms with Gasteiger partial charge >= 0.3 is 0 Å². The van der Waals surface area contributed by atoms with Crippen molar-refractivity contribution in [3.8, 4) is 0 Å². The highest BCUT2D eigenvalue weighted by atomic mass is 16.3. The van der Waals surface area contributed by atoms with Crippen LogP contribution in [0.5, 0.6) is 0 Å².